The lowest BCUT2D eigenvalue weighted by Gasteiger charge is -2.04. The molecule has 0 heterocycles. The van der Waals surface area contributed by atoms with Gasteiger partial charge in [0.2, 0.25) is 0 Å². The summed E-state index contributed by atoms with van der Waals surface area (Å²) >= 11 is 3.41. The topological polar surface area (TPSA) is 43.1 Å². The second-order valence-corrected chi connectivity index (χ2v) is 4.81. The van der Waals surface area contributed by atoms with Gasteiger partial charge in [-0.3, -0.25) is 10.1 Å². The third-order valence-electron chi connectivity index (χ3n) is 3.12. The summed E-state index contributed by atoms with van der Waals surface area (Å²) in [5, 5.41) is 13.1. The summed E-state index contributed by atoms with van der Waals surface area (Å²) in [4.78, 5) is 10.7. The monoisotopic (exact) mass is 277 g/mol. The van der Waals surface area contributed by atoms with Crippen LogP contribution in [0.5, 0.6) is 0 Å². The van der Waals surface area contributed by atoms with Crippen molar-refractivity contribution in [3.05, 3.63) is 50.0 Å². The quantitative estimate of drug-likeness (QED) is 0.590. The number of hydrogen-bond acceptors (Lipinski definition) is 2. The Morgan fingerprint density at radius 1 is 1.31 bits per heavy atom. The smallest absolute Gasteiger partial charge is 0.258 e. The van der Waals surface area contributed by atoms with Crippen LogP contribution in [0.15, 0.2) is 28.7 Å². The van der Waals surface area contributed by atoms with E-state index in [1.54, 1.807) is 6.07 Å². The maximum absolute atomic E-state index is 11.0. The van der Waals surface area contributed by atoms with Crippen LogP contribution in [0.1, 0.15) is 11.1 Å². The van der Waals surface area contributed by atoms with Gasteiger partial charge in [0, 0.05) is 16.1 Å². The van der Waals surface area contributed by atoms with Gasteiger partial charge < -0.3 is 0 Å². The van der Waals surface area contributed by atoms with E-state index in [-0.39, 0.29) is 10.6 Å². The van der Waals surface area contributed by atoms with Crippen molar-refractivity contribution in [2.24, 2.45) is 0 Å². The highest BCUT2D eigenvalue weighted by molar-refractivity contribution is 9.10. The van der Waals surface area contributed by atoms with Gasteiger partial charge in [-0.15, -0.1) is 0 Å². The molecule has 0 amide bonds. The van der Waals surface area contributed by atoms with Gasteiger partial charge in [0.15, 0.2) is 0 Å². The molecule has 0 aromatic heterocycles. The van der Waals surface area contributed by atoms with Crippen LogP contribution in [0.25, 0.3) is 10.8 Å². The van der Waals surface area contributed by atoms with Crippen LogP contribution in [0.2, 0.25) is 0 Å². The molecule has 0 N–H and O–H groups in total. The van der Waals surface area contributed by atoms with Gasteiger partial charge in [-0.05, 0) is 45.1 Å². The lowest BCUT2D eigenvalue weighted by molar-refractivity contribution is -0.385. The average Bonchev–Trinajstić information content (AvgIpc) is 2.68. The van der Waals surface area contributed by atoms with Crippen molar-refractivity contribution in [2.45, 2.75) is 12.8 Å². The molecule has 2 aromatic rings. The summed E-state index contributed by atoms with van der Waals surface area (Å²) in [6.07, 6.45) is 1.68. The largest absolute Gasteiger partial charge is 0.274 e. The van der Waals surface area contributed by atoms with Crippen LogP contribution >= 0.6 is 15.9 Å². The Balaban J connectivity index is 2.51. The van der Waals surface area contributed by atoms with E-state index >= 15 is 0 Å². The van der Waals surface area contributed by atoms with Crippen molar-refractivity contribution in [3.8, 4) is 0 Å². The number of halogens is 1. The third-order valence-corrected chi connectivity index (χ3v) is 3.78. The first-order chi connectivity index (χ1) is 7.68. The van der Waals surface area contributed by atoms with Gasteiger partial charge in [-0.1, -0.05) is 18.2 Å². The number of rotatable bonds is 1. The van der Waals surface area contributed by atoms with Crippen molar-refractivity contribution >= 4 is 32.4 Å². The molecule has 16 heavy (non-hydrogen) atoms. The molecule has 4 heteroatoms. The maximum atomic E-state index is 11.0. The van der Waals surface area contributed by atoms with Gasteiger partial charge >= 0.3 is 0 Å². The molecular weight excluding hydrogens is 270 g/mol. The second-order valence-electron chi connectivity index (χ2n) is 3.95. The van der Waals surface area contributed by atoms with E-state index < -0.39 is 0 Å². The van der Waals surface area contributed by atoms with Gasteiger partial charge in [-0.2, -0.15) is 0 Å². The van der Waals surface area contributed by atoms with Crippen LogP contribution in [0.4, 0.5) is 5.69 Å². The summed E-state index contributed by atoms with van der Waals surface area (Å²) in [5.41, 5.74) is 2.35. The lowest BCUT2D eigenvalue weighted by Crippen LogP contribution is -1.94. The zero-order valence-electron chi connectivity index (χ0n) is 8.37. The molecule has 0 unspecified atom stereocenters. The van der Waals surface area contributed by atoms with E-state index in [9.17, 15) is 10.1 Å². The minimum atomic E-state index is -0.290. The molecule has 0 spiro atoms. The molecule has 0 bridgehead atoms. The molecular formula is C12H8BrNO2. The van der Waals surface area contributed by atoms with Gasteiger partial charge in [0.25, 0.3) is 5.69 Å². The molecule has 0 aliphatic heterocycles. The predicted molar refractivity (Wildman–Crippen MR) is 65.7 cm³/mol. The highest BCUT2D eigenvalue weighted by atomic mass is 79.9. The lowest BCUT2D eigenvalue weighted by atomic mass is 10.0. The third kappa shape index (κ3) is 1.19. The Bertz CT molecular complexity index is 622. The Labute approximate surface area is 100 Å². The standard InChI is InChI=1S/C12H8BrNO2/c13-10-6-11(14(15)16)9-5-4-7-2-1-3-8(10)12(7)9/h1-3,6H,4-5H2. The van der Waals surface area contributed by atoms with Crippen molar-refractivity contribution in [2.75, 3.05) is 0 Å². The Morgan fingerprint density at radius 2 is 2.12 bits per heavy atom. The molecule has 80 valence electrons. The number of nitro groups is 1. The Morgan fingerprint density at radius 3 is 2.88 bits per heavy atom. The average molecular weight is 278 g/mol. The van der Waals surface area contributed by atoms with Crippen LogP contribution in [0.3, 0.4) is 0 Å². The zero-order chi connectivity index (χ0) is 11.3. The Hall–Kier alpha value is -1.42. The van der Waals surface area contributed by atoms with Crippen LogP contribution in [-0.2, 0) is 12.8 Å². The van der Waals surface area contributed by atoms with Gasteiger partial charge in [-0.25, -0.2) is 0 Å². The molecule has 0 atom stereocenters. The summed E-state index contributed by atoms with van der Waals surface area (Å²) in [5.74, 6) is 0. The second kappa shape index (κ2) is 3.28. The fraction of sp³-hybridized carbons (Fsp3) is 0.167. The maximum Gasteiger partial charge on any atom is 0.274 e. The molecule has 3 rings (SSSR count). The summed E-state index contributed by atoms with van der Waals surface area (Å²) < 4.78 is 0.807. The molecule has 0 saturated carbocycles. The highest BCUT2D eigenvalue weighted by Gasteiger charge is 2.24. The molecule has 3 nitrogen and oxygen atoms in total. The molecule has 0 radical (unpaired) electrons. The highest BCUT2D eigenvalue weighted by Crippen LogP contribution is 2.40. The zero-order valence-corrected chi connectivity index (χ0v) is 9.95. The number of nitrogens with zero attached hydrogens (tertiary/aromatic N) is 1. The van der Waals surface area contributed by atoms with Crippen LogP contribution in [-0.4, -0.2) is 4.92 Å². The Kier molecular flexibility index (Phi) is 2.01. The number of hydrogen-bond donors (Lipinski definition) is 0. The molecule has 2 aromatic carbocycles. The van der Waals surface area contributed by atoms with Gasteiger partial charge in [0.05, 0.1) is 4.92 Å². The fourth-order valence-electron chi connectivity index (χ4n) is 2.45. The van der Waals surface area contributed by atoms with E-state index in [1.807, 2.05) is 12.1 Å². The molecule has 1 aliphatic rings. The summed E-state index contributed by atoms with van der Waals surface area (Å²) in [6.45, 7) is 0. The van der Waals surface area contributed by atoms with E-state index in [2.05, 4.69) is 22.0 Å². The number of benzene rings is 2. The number of nitro benzene ring substituents is 1. The van der Waals surface area contributed by atoms with Gasteiger partial charge in [0.1, 0.15) is 0 Å². The predicted octanol–water partition coefficient (Wildman–Crippen LogP) is 3.61. The number of aryl methyl sites for hydroxylation is 2. The SMILES string of the molecule is O=[N+]([O-])c1cc(Br)c2cccc3c2c1CC3. The van der Waals surface area contributed by atoms with E-state index in [1.165, 1.54) is 5.56 Å². The minimum absolute atomic E-state index is 0.240. The van der Waals surface area contributed by atoms with Crippen molar-refractivity contribution in [3.63, 3.8) is 0 Å². The van der Waals surface area contributed by atoms with Crippen LogP contribution < -0.4 is 0 Å². The minimum Gasteiger partial charge on any atom is -0.258 e. The van der Waals surface area contributed by atoms with Crippen molar-refractivity contribution < 1.29 is 4.92 Å². The fourth-order valence-corrected chi connectivity index (χ4v) is 3.00. The van der Waals surface area contributed by atoms with E-state index in [0.717, 1.165) is 33.7 Å². The van der Waals surface area contributed by atoms with Crippen molar-refractivity contribution in [1.29, 1.82) is 0 Å². The summed E-state index contributed by atoms with van der Waals surface area (Å²) in [7, 11) is 0. The van der Waals surface area contributed by atoms with Crippen molar-refractivity contribution in [1.82, 2.24) is 0 Å². The molecule has 0 saturated heterocycles. The first kappa shape index (κ1) is 9.78. The summed E-state index contributed by atoms with van der Waals surface area (Å²) in [6, 6.07) is 7.67. The normalized spacial score (nSPS) is 13.3. The molecule has 1 aliphatic carbocycles. The van der Waals surface area contributed by atoms with E-state index in [0.29, 0.717) is 0 Å². The first-order valence-electron chi connectivity index (χ1n) is 5.06. The van der Waals surface area contributed by atoms with E-state index in [4.69, 9.17) is 0 Å². The first-order valence-corrected chi connectivity index (χ1v) is 5.85. The molecule has 0 fully saturated rings. The van der Waals surface area contributed by atoms with Crippen LogP contribution in [0, 0.1) is 10.1 Å².